The second kappa shape index (κ2) is 5.93. The molecule has 5 nitrogen and oxygen atoms in total. The molecule has 1 fully saturated rings. The number of hydrogen-bond acceptors (Lipinski definition) is 5. The molecule has 5 heteroatoms. The van der Waals surface area contributed by atoms with Crippen LogP contribution in [0.1, 0.15) is 37.4 Å². The lowest BCUT2D eigenvalue weighted by molar-refractivity contribution is 0.101. The van der Waals surface area contributed by atoms with E-state index in [0.29, 0.717) is 12.0 Å². The van der Waals surface area contributed by atoms with E-state index in [1.165, 1.54) is 6.42 Å². The van der Waals surface area contributed by atoms with Gasteiger partial charge < -0.3 is 15.2 Å². The van der Waals surface area contributed by atoms with Crippen molar-refractivity contribution in [2.24, 2.45) is 5.73 Å². The molecule has 0 aliphatic carbocycles. The van der Waals surface area contributed by atoms with Gasteiger partial charge in [-0.15, -0.1) is 5.10 Å². The average Bonchev–Trinajstić information content (AvgIpc) is 2.89. The fourth-order valence-corrected chi connectivity index (χ4v) is 2.02. The summed E-state index contributed by atoms with van der Waals surface area (Å²) in [7, 11) is 1.57. The van der Waals surface area contributed by atoms with Crippen LogP contribution < -0.4 is 10.5 Å². The summed E-state index contributed by atoms with van der Waals surface area (Å²) in [5, 5.41) is 7.97. The zero-order chi connectivity index (χ0) is 12.1. The van der Waals surface area contributed by atoms with Crippen molar-refractivity contribution in [3.63, 3.8) is 0 Å². The van der Waals surface area contributed by atoms with Gasteiger partial charge in [-0.1, -0.05) is 0 Å². The molecule has 1 aliphatic heterocycles. The molecule has 0 saturated carbocycles. The first-order chi connectivity index (χ1) is 8.29. The van der Waals surface area contributed by atoms with Gasteiger partial charge in [0.2, 0.25) is 5.88 Å². The molecule has 1 aromatic heterocycles. The Kier molecular flexibility index (Phi) is 4.28. The zero-order valence-electron chi connectivity index (χ0n) is 10.1. The molecule has 2 heterocycles. The fraction of sp³-hybridized carbons (Fsp3) is 0.667. The van der Waals surface area contributed by atoms with Gasteiger partial charge in [-0.25, -0.2) is 0 Å². The van der Waals surface area contributed by atoms with E-state index >= 15 is 0 Å². The molecule has 1 aliphatic rings. The van der Waals surface area contributed by atoms with Crippen molar-refractivity contribution >= 4 is 0 Å². The lowest BCUT2D eigenvalue weighted by atomic mass is 10.0. The van der Waals surface area contributed by atoms with E-state index in [4.69, 9.17) is 15.2 Å². The van der Waals surface area contributed by atoms with Gasteiger partial charge >= 0.3 is 0 Å². The van der Waals surface area contributed by atoms with Crippen LogP contribution in [0.3, 0.4) is 0 Å². The number of hydrogen-bond donors (Lipinski definition) is 1. The van der Waals surface area contributed by atoms with Gasteiger partial charge in [-0.2, -0.15) is 5.10 Å². The van der Waals surface area contributed by atoms with E-state index in [2.05, 4.69) is 10.2 Å². The van der Waals surface area contributed by atoms with Gasteiger partial charge in [-0.3, -0.25) is 0 Å². The molecule has 0 radical (unpaired) electrons. The van der Waals surface area contributed by atoms with Crippen LogP contribution in [0.25, 0.3) is 0 Å². The monoisotopic (exact) mass is 237 g/mol. The molecule has 2 rings (SSSR count). The highest BCUT2D eigenvalue weighted by molar-refractivity contribution is 5.13. The third kappa shape index (κ3) is 3.38. The predicted octanol–water partition coefficient (Wildman–Crippen LogP) is 1.44. The van der Waals surface area contributed by atoms with Gasteiger partial charge in [0.1, 0.15) is 0 Å². The molecule has 1 aromatic rings. The Morgan fingerprint density at radius 3 is 3.00 bits per heavy atom. The van der Waals surface area contributed by atoms with Crippen molar-refractivity contribution in [2.75, 3.05) is 13.7 Å². The van der Waals surface area contributed by atoms with Crippen LogP contribution >= 0.6 is 0 Å². The molecule has 17 heavy (non-hydrogen) atoms. The maximum Gasteiger partial charge on any atom is 0.233 e. The molecule has 0 amide bonds. The van der Waals surface area contributed by atoms with Crippen LogP contribution in [0, 0.1) is 0 Å². The summed E-state index contributed by atoms with van der Waals surface area (Å²) in [5.74, 6) is 0.514. The summed E-state index contributed by atoms with van der Waals surface area (Å²) in [5.41, 5.74) is 6.87. The van der Waals surface area contributed by atoms with Crippen molar-refractivity contribution in [2.45, 2.75) is 37.8 Å². The van der Waals surface area contributed by atoms with E-state index in [0.717, 1.165) is 31.6 Å². The van der Waals surface area contributed by atoms with Gasteiger partial charge in [0.25, 0.3) is 0 Å². The van der Waals surface area contributed by atoms with Crippen molar-refractivity contribution in [1.29, 1.82) is 0 Å². The predicted molar refractivity (Wildman–Crippen MR) is 63.7 cm³/mol. The highest BCUT2D eigenvalue weighted by Crippen LogP contribution is 2.21. The number of methoxy groups -OCH3 is 1. The molecular formula is C12H19N3O2. The quantitative estimate of drug-likeness (QED) is 0.839. The number of ether oxygens (including phenoxy) is 2. The van der Waals surface area contributed by atoms with Crippen LogP contribution in [0.4, 0.5) is 0 Å². The van der Waals surface area contributed by atoms with Crippen molar-refractivity contribution in [3.8, 4) is 5.88 Å². The summed E-state index contributed by atoms with van der Waals surface area (Å²) in [6.45, 7) is 0.891. The Labute approximate surface area is 101 Å². The van der Waals surface area contributed by atoms with E-state index in [-0.39, 0.29) is 6.04 Å². The third-order valence-electron chi connectivity index (χ3n) is 3.07. The molecule has 2 atom stereocenters. The number of nitrogens with two attached hydrogens (primary N) is 1. The normalized spacial score (nSPS) is 21.4. The molecule has 2 unspecified atom stereocenters. The minimum atomic E-state index is -0.0717. The third-order valence-corrected chi connectivity index (χ3v) is 3.07. The lowest BCUT2D eigenvalue weighted by Crippen LogP contribution is -2.16. The number of nitrogens with zero attached hydrogens (tertiary/aromatic N) is 2. The Balaban J connectivity index is 1.83. The minimum Gasteiger partial charge on any atom is -0.480 e. The first-order valence-corrected chi connectivity index (χ1v) is 6.04. The first-order valence-electron chi connectivity index (χ1n) is 6.04. The molecule has 0 aromatic carbocycles. The van der Waals surface area contributed by atoms with Crippen LogP contribution in [-0.2, 0) is 4.74 Å². The average molecular weight is 237 g/mol. The van der Waals surface area contributed by atoms with Crippen molar-refractivity contribution in [1.82, 2.24) is 10.2 Å². The highest BCUT2D eigenvalue weighted by Gasteiger charge is 2.17. The Morgan fingerprint density at radius 1 is 1.53 bits per heavy atom. The molecule has 0 spiro atoms. The van der Waals surface area contributed by atoms with E-state index in [1.54, 1.807) is 13.2 Å². The molecular weight excluding hydrogens is 218 g/mol. The second-order valence-corrected chi connectivity index (χ2v) is 4.32. The van der Waals surface area contributed by atoms with Crippen LogP contribution in [0.15, 0.2) is 12.1 Å². The first kappa shape index (κ1) is 12.3. The Hall–Kier alpha value is -1.20. The molecule has 94 valence electrons. The summed E-state index contributed by atoms with van der Waals surface area (Å²) >= 11 is 0. The van der Waals surface area contributed by atoms with Crippen molar-refractivity contribution < 1.29 is 9.47 Å². The van der Waals surface area contributed by atoms with Gasteiger partial charge in [0.15, 0.2) is 0 Å². The maximum absolute atomic E-state index is 6.07. The van der Waals surface area contributed by atoms with E-state index in [1.807, 2.05) is 6.07 Å². The number of rotatable bonds is 5. The molecule has 0 bridgehead atoms. The highest BCUT2D eigenvalue weighted by atomic mass is 16.5. The van der Waals surface area contributed by atoms with Gasteiger partial charge in [-0.05, 0) is 31.7 Å². The Morgan fingerprint density at radius 2 is 2.41 bits per heavy atom. The zero-order valence-corrected chi connectivity index (χ0v) is 10.1. The van der Waals surface area contributed by atoms with Gasteiger partial charge in [0.05, 0.1) is 18.9 Å². The maximum atomic E-state index is 6.07. The summed E-state index contributed by atoms with van der Waals surface area (Å²) in [4.78, 5) is 0. The number of aromatic nitrogens is 2. The summed E-state index contributed by atoms with van der Waals surface area (Å²) in [6.07, 6.45) is 4.58. The standard InChI is InChI=1S/C12H19N3O2/c1-16-12-7-6-11(14-15-12)10(13)5-4-9-3-2-8-17-9/h6-7,9-10H,2-5,8,13H2,1H3. The topological polar surface area (TPSA) is 70.3 Å². The van der Waals surface area contributed by atoms with Crippen molar-refractivity contribution in [3.05, 3.63) is 17.8 Å². The van der Waals surface area contributed by atoms with E-state index < -0.39 is 0 Å². The summed E-state index contributed by atoms with van der Waals surface area (Å²) in [6, 6.07) is 3.58. The molecule has 1 saturated heterocycles. The SMILES string of the molecule is COc1ccc(C(N)CCC2CCCO2)nn1. The summed E-state index contributed by atoms with van der Waals surface area (Å²) < 4.78 is 10.5. The van der Waals surface area contributed by atoms with Crippen LogP contribution in [-0.4, -0.2) is 30.0 Å². The fourth-order valence-electron chi connectivity index (χ4n) is 2.02. The smallest absolute Gasteiger partial charge is 0.233 e. The van der Waals surface area contributed by atoms with Gasteiger partial charge in [0, 0.05) is 18.7 Å². The molecule has 2 N–H and O–H groups in total. The van der Waals surface area contributed by atoms with E-state index in [9.17, 15) is 0 Å². The van der Waals surface area contributed by atoms with Crippen LogP contribution in [0.5, 0.6) is 5.88 Å². The van der Waals surface area contributed by atoms with Crippen LogP contribution in [0.2, 0.25) is 0 Å². The largest absolute Gasteiger partial charge is 0.480 e. The second-order valence-electron chi connectivity index (χ2n) is 4.32. The minimum absolute atomic E-state index is 0.0717. The lowest BCUT2D eigenvalue weighted by Gasteiger charge is -2.13. The Bertz CT molecular complexity index is 336.